The van der Waals surface area contributed by atoms with Crippen molar-refractivity contribution in [3.63, 3.8) is 0 Å². The average molecular weight is 435 g/mol. The smallest absolute Gasteiger partial charge is 0.341 e. The van der Waals surface area contributed by atoms with Gasteiger partial charge >= 0.3 is 5.97 Å². The molecule has 2 aromatic heterocycles. The van der Waals surface area contributed by atoms with E-state index < -0.39 is 5.97 Å². The number of nitrogens with zero attached hydrogens (tertiary/aromatic N) is 5. The van der Waals surface area contributed by atoms with E-state index in [1.54, 1.807) is 30.1 Å². The number of piperidine rings is 1. The van der Waals surface area contributed by atoms with Crippen LogP contribution in [0.3, 0.4) is 0 Å². The van der Waals surface area contributed by atoms with Gasteiger partial charge in [0, 0.05) is 37.1 Å². The lowest BCUT2D eigenvalue weighted by Gasteiger charge is -2.31. The maximum absolute atomic E-state index is 12.8. The van der Waals surface area contributed by atoms with Crippen molar-refractivity contribution < 1.29 is 14.3 Å². The van der Waals surface area contributed by atoms with Gasteiger partial charge in [0.2, 0.25) is 11.9 Å². The summed E-state index contributed by atoms with van der Waals surface area (Å²) in [5.74, 6) is 0.240. The molecule has 1 aromatic carbocycles. The first-order valence-corrected chi connectivity index (χ1v) is 10.7. The zero-order valence-corrected chi connectivity index (χ0v) is 18.2. The second-order valence-corrected chi connectivity index (χ2v) is 7.63. The standard InChI is InChI=1S/C23H26N6O3/c1-3-32-22(31)20-15-26-29(16(20)2)19-7-4-6-18(14-19)27-21(30)17-8-12-28(13-9-17)23-24-10-5-11-25-23/h4-7,10-11,14-15,17H,3,8-9,12-13H2,1-2H3,(H,27,30). The van der Waals surface area contributed by atoms with E-state index >= 15 is 0 Å². The Morgan fingerprint density at radius 1 is 1.16 bits per heavy atom. The summed E-state index contributed by atoms with van der Waals surface area (Å²) < 4.78 is 6.74. The molecule has 0 spiro atoms. The van der Waals surface area contributed by atoms with E-state index in [1.807, 2.05) is 31.2 Å². The summed E-state index contributed by atoms with van der Waals surface area (Å²) in [5, 5.41) is 7.35. The molecule has 0 bridgehead atoms. The van der Waals surface area contributed by atoms with E-state index in [1.165, 1.54) is 6.20 Å². The van der Waals surface area contributed by atoms with Crippen LogP contribution in [0, 0.1) is 12.8 Å². The summed E-state index contributed by atoms with van der Waals surface area (Å²) in [6, 6.07) is 9.22. The van der Waals surface area contributed by atoms with Crippen molar-refractivity contribution in [2.75, 3.05) is 29.9 Å². The molecule has 4 rings (SSSR count). The number of hydrogen-bond acceptors (Lipinski definition) is 7. The van der Waals surface area contributed by atoms with Gasteiger partial charge in [-0.3, -0.25) is 4.79 Å². The maximum Gasteiger partial charge on any atom is 0.341 e. The van der Waals surface area contributed by atoms with Crippen LogP contribution in [0.2, 0.25) is 0 Å². The normalized spacial score (nSPS) is 14.2. The van der Waals surface area contributed by atoms with Crippen LogP contribution >= 0.6 is 0 Å². The Balaban J connectivity index is 1.40. The third-order valence-electron chi connectivity index (χ3n) is 5.56. The summed E-state index contributed by atoms with van der Waals surface area (Å²) in [6.07, 6.45) is 6.44. The maximum atomic E-state index is 12.8. The zero-order chi connectivity index (χ0) is 22.5. The third kappa shape index (κ3) is 4.61. The number of rotatable bonds is 6. The number of benzene rings is 1. The molecule has 1 aliphatic rings. The van der Waals surface area contributed by atoms with E-state index in [-0.39, 0.29) is 11.8 Å². The Morgan fingerprint density at radius 2 is 1.91 bits per heavy atom. The van der Waals surface area contributed by atoms with Crippen molar-refractivity contribution in [3.05, 3.63) is 60.2 Å². The van der Waals surface area contributed by atoms with Gasteiger partial charge < -0.3 is 15.0 Å². The molecule has 3 aromatic rings. The van der Waals surface area contributed by atoms with E-state index in [2.05, 4.69) is 25.3 Å². The molecule has 1 fully saturated rings. The minimum absolute atomic E-state index is 0.000167. The number of hydrogen-bond donors (Lipinski definition) is 1. The van der Waals surface area contributed by atoms with Crippen molar-refractivity contribution >= 4 is 23.5 Å². The Kier molecular flexibility index (Phi) is 6.44. The predicted octanol–water partition coefficient (Wildman–Crippen LogP) is 3.00. The Bertz CT molecular complexity index is 1090. The number of anilines is 2. The molecule has 1 aliphatic heterocycles. The Labute approximate surface area is 186 Å². The third-order valence-corrected chi connectivity index (χ3v) is 5.56. The lowest BCUT2D eigenvalue weighted by molar-refractivity contribution is -0.120. The fraction of sp³-hybridized carbons (Fsp3) is 0.348. The zero-order valence-electron chi connectivity index (χ0n) is 18.2. The predicted molar refractivity (Wildman–Crippen MR) is 120 cm³/mol. The quantitative estimate of drug-likeness (QED) is 0.595. The van der Waals surface area contributed by atoms with Crippen LogP contribution in [0.15, 0.2) is 48.9 Å². The number of nitrogens with one attached hydrogen (secondary N) is 1. The molecule has 9 nitrogen and oxygen atoms in total. The molecule has 9 heteroatoms. The Morgan fingerprint density at radius 3 is 2.62 bits per heavy atom. The van der Waals surface area contributed by atoms with Gasteiger partial charge in [0.1, 0.15) is 5.56 Å². The molecule has 0 aliphatic carbocycles. The lowest BCUT2D eigenvalue weighted by Crippen LogP contribution is -2.39. The molecule has 166 valence electrons. The average Bonchev–Trinajstić information content (AvgIpc) is 3.21. The molecule has 0 radical (unpaired) electrons. The van der Waals surface area contributed by atoms with Gasteiger partial charge in [-0.15, -0.1) is 0 Å². The highest BCUT2D eigenvalue weighted by atomic mass is 16.5. The van der Waals surface area contributed by atoms with Crippen LogP contribution in [-0.4, -0.2) is 51.3 Å². The number of amides is 1. The fourth-order valence-corrected chi connectivity index (χ4v) is 3.84. The summed E-state index contributed by atoms with van der Waals surface area (Å²) in [6.45, 7) is 5.37. The van der Waals surface area contributed by atoms with Gasteiger partial charge in [-0.1, -0.05) is 6.07 Å². The molecular weight excluding hydrogens is 408 g/mol. The number of aromatic nitrogens is 4. The number of carbonyl (C=O) groups excluding carboxylic acids is 2. The second-order valence-electron chi connectivity index (χ2n) is 7.63. The Hall–Kier alpha value is -3.75. The van der Waals surface area contributed by atoms with Crippen molar-refractivity contribution in [1.82, 2.24) is 19.7 Å². The van der Waals surface area contributed by atoms with Gasteiger partial charge in [-0.05, 0) is 51.0 Å². The van der Waals surface area contributed by atoms with Crippen molar-refractivity contribution in [2.24, 2.45) is 5.92 Å². The van der Waals surface area contributed by atoms with Crippen LogP contribution in [0.1, 0.15) is 35.8 Å². The van der Waals surface area contributed by atoms with E-state index in [9.17, 15) is 9.59 Å². The summed E-state index contributed by atoms with van der Waals surface area (Å²) >= 11 is 0. The van der Waals surface area contributed by atoms with Crippen molar-refractivity contribution in [3.8, 4) is 5.69 Å². The molecule has 0 saturated carbocycles. The molecule has 3 heterocycles. The fourth-order valence-electron chi connectivity index (χ4n) is 3.84. The van der Waals surface area contributed by atoms with Gasteiger partial charge in [0.05, 0.1) is 24.2 Å². The van der Waals surface area contributed by atoms with Crippen LogP contribution < -0.4 is 10.2 Å². The monoisotopic (exact) mass is 434 g/mol. The van der Waals surface area contributed by atoms with Crippen molar-refractivity contribution in [2.45, 2.75) is 26.7 Å². The van der Waals surface area contributed by atoms with Crippen LogP contribution in [-0.2, 0) is 9.53 Å². The van der Waals surface area contributed by atoms with Crippen LogP contribution in [0.4, 0.5) is 11.6 Å². The SMILES string of the molecule is CCOC(=O)c1cnn(-c2cccc(NC(=O)C3CCN(c4ncccn4)CC3)c2)c1C. The minimum atomic E-state index is -0.395. The first-order chi connectivity index (χ1) is 15.6. The molecule has 32 heavy (non-hydrogen) atoms. The highest BCUT2D eigenvalue weighted by molar-refractivity contribution is 5.93. The topological polar surface area (TPSA) is 102 Å². The van der Waals surface area contributed by atoms with Crippen LogP contribution in [0.25, 0.3) is 5.69 Å². The van der Waals surface area contributed by atoms with Gasteiger partial charge in [0.25, 0.3) is 0 Å². The van der Waals surface area contributed by atoms with Crippen molar-refractivity contribution in [1.29, 1.82) is 0 Å². The molecule has 1 saturated heterocycles. The van der Waals surface area contributed by atoms with E-state index in [0.29, 0.717) is 29.5 Å². The number of esters is 1. The van der Waals surface area contributed by atoms with Gasteiger partial charge in [0.15, 0.2) is 0 Å². The second kappa shape index (κ2) is 9.59. The summed E-state index contributed by atoms with van der Waals surface area (Å²) in [5.41, 5.74) is 2.55. The highest BCUT2D eigenvalue weighted by Gasteiger charge is 2.26. The highest BCUT2D eigenvalue weighted by Crippen LogP contribution is 2.23. The minimum Gasteiger partial charge on any atom is -0.462 e. The van der Waals surface area contributed by atoms with Gasteiger partial charge in [-0.25, -0.2) is 19.4 Å². The summed E-state index contributed by atoms with van der Waals surface area (Å²) in [4.78, 5) is 35.6. The molecule has 0 atom stereocenters. The first-order valence-electron chi connectivity index (χ1n) is 10.7. The number of ether oxygens (including phenoxy) is 1. The molecule has 1 amide bonds. The largest absolute Gasteiger partial charge is 0.462 e. The first kappa shape index (κ1) is 21.5. The van der Waals surface area contributed by atoms with E-state index in [0.717, 1.165) is 31.6 Å². The van der Waals surface area contributed by atoms with Crippen LogP contribution in [0.5, 0.6) is 0 Å². The lowest BCUT2D eigenvalue weighted by atomic mass is 9.96. The summed E-state index contributed by atoms with van der Waals surface area (Å²) in [7, 11) is 0. The molecule has 1 N–H and O–H groups in total. The molecule has 0 unspecified atom stereocenters. The van der Waals surface area contributed by atoms with Gasteiger partial charge in [-0.2, -0.15) is 5.10 Å². The van der Waals surface area contributed by atoms with E-state index in [4.69, 9.17) is 4.74 Å². The molecular formula is C23H26N6O3. The number of carbonyl (C=O) groups is 2.